The Morgan fingerprint density at radius 2 is 1.81 bits per heavy atom. The number of piperidine rings is 1. The zero-order chi connectivity index (χ0) is 12.4. The first-order valence-corrected chi connectivity index (χ1v) is 6.96. The predicted octanol–water partition coefficient (Wildman–Crippen LogP) is 4.08. The van der Waals surface area contributed by atoms with Gasteiger partial charge in [0.25, 0.3) is 0 Å². The second kappa shape index (κ2) is 5.08. The maximum absolute atomic E-state index is 3.56. The lowest BCUT2D eigenvalue weighted by atomic mass is 9.63. The molecule has 0 aromatic rings. The van der Waals surface area contributed by atoms with Crippen LogP contribution in [0.5, 0.6) is 0 Å². The third kappa shape index (κ3) is 3.48. The molecule has 0 aromatic heterocycles. The zero-order valence-corrected chi connectivity index (χ0v) is 12.2. The second-order valence-electron chi connectivity index (χ2n) is 7.35. The minimum absolute atomic E-state index is 0.459. The first kappa shape index (κ1) is 14.0. The summed E-state index contributed by atoms with van der Waals surface area (Å²) >= 11 is 0. The highest BCUT2D eigenvalue weighted by atomic mass is 14.9. The van der Waals surface area contributed by atoms with Crippen LogP contribution in [0.15, 0.2) is 0 Å². The lowest BCUT2D eigenvalue weighted by molar-refractivity contribution is 0.0746. The van der Waals surface area contributed by atoms with Crippen molar-refractivity contribution in [2.24, 2.45) is 22.7 Å². The van der Waals surface area contributed by atoms with E-state index in [4.69, 9.17) is 0 Å². The Morgan fingerprint density at radius 3 is 2.25 bits per heavy atom. The van der Waals surface area contributed by atoms with Crippen LogP contribution in [0.4, 0.5) is 0 Å². The highest BCUT2D eigenvalue weighted by Crippen LogP contribution is 2.44. The van der Waals surface area contributed by atoms with E-state index in [2.05, 4.69) is 46.9 Å². The Balaban J connectivity index is 2.62. The van der Waals surface area contributed by atoms with Gasteiger partial charge in [-0.05, 0) is 55.0 Å². The van der Waals surface area contributed by atoms with E-state index in [0.29, 0.717) is 10.8 Å². The summed E-state index contributed by atoms with van der Waals surface area (Å²) in [7, 11) is 0. The molecule has 1 heterocycles. The molecule has 0 aromatic carbocycles. The largest absolute Gasteiger partial charge is 0.316 e. The van der Waals surface area contributed by atoms with Gasteiger partial charge in [0.2, 0.25) is 0 Å². The highest BCUT2D eigenvalue weighted by molar-refractivity contribution is 4.88. The molecule has 0 amide bonds. The molecule has 1 atom stereocenters. The van der Waals surface area contributed by atoms with Gasteiger partial charge in [-0.1, -0.05) is 41.5 Å². The molecule has 16 heavy (non-hydrogen) atoms. The first-order valence-electron chi connectivity index (χ1n) is 6.96. The molecule has 96 valence electrons. The molecule has 1 N–H and O–H groups in total. The minimum Gasteiger partial charge on any atom is -0.316 e. The summed E-state index contributed by atoms with van der Waals surface area (Å²) < 4.78 is 0. The van der Waals surface area contributed by atoms with Crippen molar-refractivity contribution in [3.05, 3.63) is 0 Å². The van der Waals surface area contributed by atoms with Crippen LogP contribution in [0.3, 0.4) is 0 Å². The summed E-state index contributed by atoms with van der Waals surface area (Å²) in [5, 5.41) is 3.56. The SMILES string of the molecule is CC(C)C(C)(C)CC(C)(C)C1CCCNC1. The fourth-order valence-electron chi connectivity index (χ4n) is 3.04. The summed E-state index contributed by atoms with van der Waals surface area (Å²) in [5.74, 6) is 1.63. The molecule has 0 radical (unpaired) electrons. The van der Waals surface area contributed by atoms with Crippen LogP contribution >= 0.6 is 0 Å². The van der Waals surface area contributed by atoms with Crippen molar-refractivity contribution in [3.8, 4) is 0 Å². The van der Waals surface area contributed by atoms with E-state index < -0.39 is 0 Å². The molecule has 0 aliphatic carbocycles. The molecule has 1 aliphatic heterocycles. The smallest absolute Gasteiger partial charge is 0.00154 e. The third-order valence-electron chi connectivity index (χ3n) is 4.88. The van der Waals surface area contributed by atoms with Crippen LogP contribution in [0.25, 0.3) is 0 Å². The quantitative estimate of drug-likeness (QED) is 0.760. The molecule has 0 spiro atoms. The molecule has 1 saturated heterocycles. The fourth-order valence-corrected chi connectivity index (χ4v) is 3.04. The summed E-state index contributed by atoms with van der Waals surface area (Å²) in [4.78, 5) is 0. The van der Waals surface area contributed by atoms with Gasteiger partial charge < -0.3 is 5.32 Å². The lowest BCUT2D eigenvalue weighted by Gasteiger charge is -2.44. The third-order valence-corrected chi connectivity index (χ3v) is 4.88. The van der Waals surface area contributed by atoms with Crippen molar-refractivity contribution < 1.29 is 0 Å². The van der Waals surface area contributed by atoms with Gasteiger partial charge in [-0.3, -0.25) is 0 Å². The Hall–Kier alpha value is -0.0400. The van der Waals surface area contributed by atoms with E-state index >= 15 is 0 Å². The van der Waals surface area contributed by atoms with Gasteiger partial charge >= 0.3 is 0 Å². The summed E-state index contributed by atoms with van der Waals surface area (Å²) in [6.07, 6.45) is 4.11. The van der Waals surface area contributed by atoms with Crippen LogP contribution in [-0.4, -0.2) is 13.1 Å². The second-order valence-corrected chi connectivity index (χ2v) is 7.35. The maximum Gasteiger partial charge on any atom is -0.00154 e. The maximum atomic E-state index is 3.56. The monoisotopic (exact) mass is 225 g/mol. The van der Waals surface area contributed by atoms with Crippen molar-refractivity contribution in [3.63, 3.8) is 0 Å². The molecule has 1 heteroatoms. The number of rotatable bonds is 4. The van der Waals surface area contributed by atoms with Gasteiger partial charge in [0.1, 0.15) is 0 Å². The Bertz CT molecular complexity index is 209. The van der Waals surface area contributed by atoms with Gasteiger partial charge in [0.05, 0.1) is 0 Å². The zero-order valence-electron chi connectivity index (χ0n) is 12.2. The summed E-state index contributed by atoms with van der Waals surface area (Å²) in [6.45, 7) is 16.9. The van der Waals surface area contributed by atoms with Crippen LogP contribution in [0.2, 0.25) is 0 Å². The molecule has 0 bridgehead atoms. The fraction of sp³-hybridized carbons (Fsp3) is 1.00. The van der Waals surface area contributed by atoms with E-state index in [1.54, 1.807) is 0 Å². The van der Waals surface area contributed by atoms with Gasteiger partial charge in [0, 0.05) is 0 Å². The Labute approximate surface area is 102 Å². The van der Waals surface area contributed by atoms with Crippen LogP contribution in [0, 0.1) is 22.7 Å². The van der Waals surface area contributed by atoms with Gasteiger partial charge in [0.15, 0.2) is 0 Å². The summed E-state index contributed by atoms with van der Waals surface area (Å²) in [6, 6.07) is 0. The summed E-state index contributed by atoms with van der Waals surface area (Å²) in [5.41, 5.74) is 0.933. The van der Waals surface area contributed by atoms with Crippen molar-refractivity contribution in [1.82, 2.24) is 5.32 Å². The predicted molar refractivity (Wildman–Crippen MR) is 72.6 cm³/mol. The number of hydrogen-bond donors (Lipinski definition) is 1. The van der Waals surface area contributed by atoms with Gasteiger partial charge in [-0.15, -0.1) is 0 Å². The normalized spacial score (nSPS) is 23.8. The minimum atomic E-state index is 0.459. The highest BCUT2D eigenvalue weighted by Gasteiger charge is 2.36. The van der Waals surface area contributed by atoms with Crippen molar-refractivity contribution in [2.45, 2.75) is 60.8 Å². The molecule has 1 aliphatic rings. The average molecular weight is 225 g/mol. The first-order chi connectivity index (χ1) is 7.26. The molecule has 1 nitrogen and oxygen atoms in total. The standard InChI is InChI=1S/C15H31N/c1-12(2)14(3,4)11-15(5,6)13-8-7-9-16-10-13/h12-13,16H,7-11H2,1-6H3. The lowest BCUT2D eigenvalue weighted by Crippen LogP contribution is -2.41. The van der Waals surface area contributed by atoms with E-state index in [0.717, 1.165) is 11.8 Å². The average Bonchev–Trinajstić information content (AvgIpc) is 2.17. The van der Waals surface area contributed by atoms with E-state index in [-0.39, 0.29) is 0 Å². The van der Waals surface area contributed by atoms with E-state index in [1.165, 1.54) is 32.4 Å². The molecule has 0 saturated carbocycles. The van der Waals surface area contributed by atoms with E-state index in [9.17, 15) is 0 Å². The Kier molecular flexibility index (Phi) is 4.45. The van der Waals surface area contributed by atoms with Crippen molar-refractivity contribution in [1.29, 1.82) is 0 Å². The van der Waals surface area contributed by atoms with Crippen LogP contribution < -0.4 is 5.32 Å². The molecule has 1 fully saturated rings. The number of hydrogen-bond acceptors (Lipinski definition) is 1. The van der Waals surface area contributed by atoms with E-state index in [1.807, 2.05) is 0 Å². The van der Waals surface area contributed by atoms with Crippen LogP contribution in [0.1, 0.15) is 60.8 Å². The molecular weight excluding hydrogens is 194 g/mol. The van der Waals surface area contributed by atoms with Crippen LogP contribution in [-0.2, 0) is 0 Å². The van der Waals surface area contributed by atoms with Crippen molar-refractivity contribution >= 4 is 0 Å². The Morgan fingerprint density at radius 1 is 1.19 bits per heavy atom. The molecule has 1 unspecified atom stereocenters. The molecule has 1 rings (SSSR count). The van der Waals surface area contributed by atoms with Gasteiger partial charge in [-0.25, -0.2) is 0 Å². The number of nitrogens with one attached hydrogen (secondary N) is 1. The van der Waals surface area contributed by atoms with Gasteiger partial charge in [-0.2, -0.15) is 0 Å². The topological polar surface area (TPSA) is 12.0 Å². The molecular formula is C15H31N. The van der Waals surface area contributed by atoms with Crippen molar-refractivity contribution in [2.75, 3.05) is 13.1 Å².